The summed E-state index contributed by atoms with van der Waals surface area (Å²) in [7, 11) is 0. The SMILES string of the molecule is Cc1ccc(Cc2nc(N)c(I)c(C3CC3)n2)cc1. The van der Waals surface area contributed by atoms with E-state index in [0.717, 1.165) is 21.5 Å². The van der Waals surface area contributed by atoms with Crippen molar-refractivity contribution in [2.75, 3.05) is 5.73 Å². The van der Waals surface area contributed by atoms with Gasteiger partial charge in [-0.15, -0.1) is 0 Å². The Labute approximate surface area is 126 Å². The molecule has 1 aliphatic carbocycles. The van der Waals surface area contributed by atoms with Crippen LogP contribution in [0.25, 0.3) is 0 Å². The van der Waals surface area contributed by atoms with Crippen LogP contribution in [0.3, 0.4) is 0 Å². The molecule has 2 N–H and O–H groups in total. The molecule has 1 aromatic carbocycles. The lowest BCUT2D eigenvalue weighted by molar-refractivity contribution is 0.894. The van der Waals surface area contributed by atoms with Crippen LogP contribution in [0.5, 0.6) is 0 Å². The van der Waals surface area contributed by atoms with Crippen molar-refractivity contribution in [1.29, 1.82) is 0 Å². The van der Waals surface area contributed by atoms with Gasteiger partial charge in [-0.05, 0) is 47.9 Å². The van der Waals surface area contributed by atoms with Gasteiger partial charge in [-0.25, -0.2) is 9.97 Å². The molecule has 1 aromatic heterocycles. The fourth-order valence-corrected chi connectivity index (χ4v) is 2.81. The molecular weight excluding hydrogens is 349 g/mol. The van der Waals surface area contributed by atoms with Crippen molar-refractivity contribution in [1.82, 2.24) is 9.97 Å². The largest absolute Gasteiger partial charge is 0.383 e. The van der Waals surface area contributed by atoms with Gasteiger partial charge in [0.25, 0.3) is 0 Å². The van der Waals surface area contributed by atoms with Gasteiger partial charge in [0.1, 0.15) is 11.6 Å². The molecule has 1 fully saturated rings. The molecule has 0 saturated heterocycles. The first-order valence-corrected chi connectivity index (χ1v) is 7.58. The Morgan fingerprint density at radius 1 is 1.21 bits per heavy atom. The molecule has 0 radical (unpaired) electrons. The predicted octanol–water partition coefficient (Wildman–Crippen LogP) is 3.44. The van der Waals surface area contributed by atoms with Gasteiger partial charge in [-0.2, -0.15) is 0 Å². The van der Waals surface area contributed by atoms with Gasteiger partial charge < -0.3 is 5.73 Å². The first-order valence-electron chi connectivity index (χ1n) is 6.51. The fraction of sp³-hybridized carbons (Fsp3) is 0.333. The molecule has 0 atom stereocenters. The number of nitrogens with zero attached hydrogens (tertiary/aromatic N) is 2. The predicted molar refractivity (Wildman–Crippen MR) is 85.1 cm³/mol. The molecule has 1 aliphatic rings. The van der Waals surface area contributed by atoms with Crippen LogP contribution in [-0.4, -0.2) is 9.97 Å². The molecule has 19 heavy (non-hydrogen) atoms. The highest BCUT2D eigenvalue weighted by Gasteiger charge is 2.28. The number of anilines is 1. The molecule has 2 aromatic rings. The Balaban J connectivity index is 1.90. The van der Waals surface area contributed by atoms with E-state index in [1.54, 1.807) is 0 Å². The van der Waals surface area contributed by atoms with Gasteiger partial charge in [0.2, 0.25) is 0 Å². The Morgan fingerprint density at radius 3 is 2.53 bits per heavy atom. The summed E-state index contributed by atoms with van der Waals surface area (Å²) in [4.78, 5) is 9.13. The topological polar surface area (TPSA) is 51.8 Å². The van der Waals surface area contributed by atoms with Crippen molar-refractivity contribution in [3.63, 3.8) is 0 Å². The average molecular weight is 365 g/mol. The third kappa shape index (κ3) is 2.88. The van der Waals surface area contributed by atoms with Crippen LogP contribution in [-0.2, 0) is 6.42 Å². The number of hydrogen-bond donors (Lipinski definition) is 1. The van der Waals surface area contributed by atoms with E-state index in [1.807, 2.05) is 0 Å². The van der Waals surface area contributed by atoms with Gasteiger partial charge in [-0.1, -0.05) is 29.8 Å². The molecule has 0 bridgehead atoms. The maximum absolute atomic E-state index is 6.01. The molecule has 1 saturated carbocycles. The van der Waals surface area contributed by atoms with Crippen LogP contribution in [0, 0.1) is 10.5 Å². The Morgan fingerprint density at radius 2 is 1.89 bits per heavy atom. The van der Waals surface area contributed by atoms with Crippen LogP contribution >= 0.6 is 22.6 Å². The minimum Gasteiger partial charge on any atom is -0.383 e. The van der Waals surface area contributed by atoms with E-state index in [-0.39, 0.29) is 0 Å². The van der Waals surface area contributed by atoms with Crippen molar-refractivity contribution in [2.24, 2.45) is 0 Å². The van der Waals surface area contributed by atoms with Crippen LogP contribution in [0.1, 0.15) is 41.4 Å². The molecule has 3 nitrogen and oxygen atoms in total. The first kappa shape index (κ1) is 12.8. The maximum Gasteiger partial charge on any atom is 0.140 e. The van der Waals surface area contributed by atoms with Crippen molar-refractivity contribution in [2.45, 2.75) is 32.1 Å². The fourth-order valence-electron chi connectivity index (χ4n) is 2.13. The molecule has 0 unspecified atom stereocenters. The highest BCUT2D eigenvalue weighted by Crippen LogP contribution is 2.41. The molecule has 4 heteroatoms. The third-order valence-corrected chi connectivity index (χ3v) is 4.50. The number of halogens is 1. The lowest BCUT2D eigenvalue weighted by atomic mass is 10.1. The Kier molecular flexibility index (Phi) is 3.43. The summed E-state index contributed by atoms with van der Waals surface area (Å²) in [5.41, 5.74) is 9.65. The zero-order valence-corrected chi connectivity index (χ0v) is 13.0. The molecule has 0 aliphatic heterocycles. The van der Waals surface area contributed by atoms with E-state index in [9.17, 15) is 0 Å². The number of benzene rings is 1. The standard InChI is InChI=1S/C15H16IN3/c1-9-2-4-10(5-3-9)8-12-18-14(11-6-7-11)13(16)15(17)19-12/h2-5,11H,6-8H2,1H3,(H2,17,18,19). The molecule has 0 spiro atoms. The van der Waals surface area contributed by atoms with Crippen LogP contribution in [0.15, 0.2) is 24.3 Å². The van der Waals surface area contributed by atoms with E-state index in [0.29, 0.717) is 11.7 Å². The zero-order chi connectivity index (χ0) is 13.4. The summed E-state index contributed by atoms with van der Waals surface area (Å²) in [6.45, 7) is 2.09. The minimum absolute atomic E-state index is 0.606. The highest BCUT2D eigenvalue weighted by molar-refractivity contribution is 14.1. The number of hydrogen-bond acceptors (Lipinski definition) is 3. The maximum atomic E-state index is 6.01. The van der Waals surface area contributed by atoms with Gasteiger partial charge in [0.05, 0.1) is 9.26 Å². The van der Waals surface area contributed by atoms with Crippen molar-refractivity contribution < 1.29 is 0 Å². The third-order valence-electron chi connectivity index (χ3n) is 3.40. The number of nitrogens with two attached hydrogens (primary N) is 1. The van der Waals surface area contributed by atoms with Crippen molar-refractivity contribution in [3.05, 3.63) is 50.5 Å². The quantitative estimate of drug-likeness (QED) is 0.848. The van der Waals surface area contributed by atoms with Crippen LogP contribution in [0.4, 0.5) is 5.82 Å². The monoisotopic (exact) mass is 365 g/mol. The lowest BCUT2D eigenvalue weighted by Gasteiger charge is -2.08. The molecule has 1 heterocycles. The second kappa shape index (κ2) is 5.07. The van der Waals surface area contributed by atoms with Crippen LogP contribution < -0.4 is 5.73 Å². The summed E-state index contributed by atoms with van der Waals surface area (Å²) in [6, 6.07) is 8.49. The Hall–Kier alpha value is -1.17. The number of nitrogen functional groups attached to an aromatic ring is 1. The van der Waals surface area contributed by atoms with E-state index >= 15 is 0 Å². The lowest BCUT2D eigenvalue weighted by Crippen LogP contribution is -2.07. The zero-order valence-electron chi connectivity index (χ0n) is 10.9. The van der Waals surface area contributed by atoms with E-state index < -0.39 is 0 Å². The number of aromatic nitrogens is 2. The molecule has 3 rings (SSSR count). The van der Waals surface area contributed by atoms with E-state index in [4.69, 9.17) is 10.7 Å². The van der Waals surface area contributed by atoms with Gasteiger partial charge in [-0.3, -0.25) is 0 Å². The molecular formula is C15H16IN3. The summed E-state index contributed by atoms with van der Waals surface area (Å²) in [6.07, 6.45) is 3.22. The Bertz CT molecular complexity index is 604. The second-order valence-corrected chi connectivity index (χ2v) is 6.24. The van der Waals surface area contributed by atoms with Crippen molar-refractivity contribution in [3.8, 4) is 0 Å². The van der Waals surface area contributed by atoms with E-state index in [1.165, 1.54) is 24.0 Å². The highest BCUT2D eigenvalue weighted by atomic mass is 127. The summed E-state index contributed by atoms with van der Waals surface area (Å²) >= 11 is 2.26. The summed E-state index contributed by atoms with van der Waals surface area (Å²) in [5, 5.41) is 0. The molecule has 0 amide bonds. The first-order chi connectivity index (χ1) is 9.13. The van der Waals surface area contributed by atoms with Gasteiger partial charge in [0, 0.05) is 12.3 Å². The van der Waals surface area contributed by atoms with Gasteiger partial charge in [0.15, 0.2) is 0 Å². The number of aryl methyl sites for hydroxylation is 1. The minimum atomic E-state index is 0.606. The van der Waals surface area contributed by atoms with E-state index in [2.05, 4.69) is 58.8 Å². The van der Waals surface area contributed by atoms with Crippen molar-refractivity contribution >= 4 is 28.4 Å². The normalized spacial score (nSPS) is 14.6. The summed E-state index contributed by atoms with van der Waals surface area (Å²) < 4.78 is 1.03. The number of rotatable bonds is 3. The van der Waals surface area contributed by atoms with Crippen LogP contribution in [0.2, 0.25) is 0 Å². The summed E-state index contributed by atoms with van der Waals surface area (Å²) in [5.74, 6) is 2.07. The van der Waals surface area contributed by atoms with Gasteiger partial charge >= 0.3 is 0 Å². The average Bonchev–Trinajstić information content (AvgIpc) is 3.21. The molecule has 98 valence electrons. The smallest absolute Gasteiger partial charge is 0.140 e. The second-order valence-electron chi connectivity index (χ2n) is 5.16.